The fourth-order valence-corrected chi connectivity index (χ4v) is 8.54. The zero-order valence-electron chi connectivity index (χ0n) is 19.5. The molecule has 9 atom stereocenters. The van der Waals surface area contributed by atoms with Gasteiger partial charge in [0.25, 0.3) is 0 Å². The molecular formula is C27H44O2. The molecule has 0 saturated heterocycles. The molecule has 0 amide bonds. The second kappa shape index (κ2) is 7.83. The molecule has 29 heavy (non-hydrogen) atoms. The highest BCUT2D eigenvalue weighted by molar-refractivity contribution is 5.25. The van der Waals surface area contributed by atoms with Gasteiger partial charge in [-0.25, -0.2) is 0 Å². The zero-order chi connectivity index (χ0) is 21.0. The molecule has 0 radical (unpaired) electrons. The van der Waals surface area contributed by atoms with Crippen LogP contribution in [-0.4, -0.2) is 22.4 Å². The van der Waals surface area contributed by atoms with Gasteiger partial charge in [0.2, 0.25) is 0 Å². The first-order valence-electron chi connectivity index (χ1n) is 12.4. The van der Waals surface area contributed by atoms with E-state index in [1.165, 1.54) is 31.3 Å². The van der Waals surface area contributed by atoms with Crippen molar-refractivity contribution in [3.63, 3.8) is 0 Å². The fraction of sp³-hybridized carbons (Fsp3) is 0.852. The Kier molecular flexibility index (Phi) is 5.84. The van der Waals surface area contributed by atoms with Crippen LogP contribution in [0.4, 0.5) is 0 Å². The first kappa shape index (κ1) is 21.6. The van der Waals surface area contributed by atoms with Crippen LogP contribution in [0.1, 0.15) is 92.4 Å². The highest BCUT2D eigenvalue weighted by Gasteiger charge is 2.61. The quantitative estimate of drug-likeness (QED) is 0.545. The second-order valence-electron chi connectivity index (χ2n) is 11.9. The first-order valence-corrected chi connectivity index (χ1v) is 12.4. The Morgan fingerprint density at radius 2 is 1.93 bits per heavy atom. The number of hydrogen-bond acceptors (Lipinski definition) is 2. The molecule has 0 spiro atoms. The molecule has 0 aromatic rings. The Hall–Kier alpha value is -0.600. The predicted octanol–water partition coefficient (Wildman–Crippen LogP) is 6.28. The van der Waals surface area contributed by atoms with Gasteiger partial charge in [0, 0.05) is 0 Å². The lowest BCUT2D eigenvalue weighted by Crippen LogP contribution is -2.51. The minimum atomic E-state index is -0.128. The summed E-state index contributed by atoms with van der Waals surface area (Å²) in [6.45, 7) is 11.8. The van der Waals surface area contributed by atoms with Crippen LogP contribution in [0.5, 0.6) is 0 Å². The maximum Gasteiger partial charge on any atom is 0.0579 e. The van der Waals surface area contributed by atoms with Crippen LogP contribution in [-0.2, 0) is 0 Å². The van der Waals surface area contributed by atoms with Gasteiger partial charge in [-0.15, -0.1) is 0 Å². The topological polar surface area (TPSA) is 40.5 Å². The van der Waals surface area contributed by atoms with E-state index in [2.05, 4.69) is 46.8 Å². The summed E-state index contributed by atoms with van der Waals surface area (Å²) in [7, 11) is 0. The van der Waals surface area contributed by atoms with E-state index >= 15 is 0 Å². The van der Waals surface area contributed by atoms with E-state index in [0.717, 1.165) is 43.9 Å². The number of allylic oxidation sites excluding steroid dienone is 3. The lowest BCUT2D eigenvalue weighted by molar-refractivity contribution is -0.0617. The molecule has 2 heteroatoms. The molecule has 0 heterocycles. The van der Waals surface area contributed by atoms with E-state index in [1.54, 1.807) is 5.57 Å². The molecule has 0 aliphatic heterocycles. The van der Waals surface area contributed by atoms with E-state index in [0.29, 0.717) is 28.6 Å². The maximum atomic E-state index is 11.2. The van der Waals surface area contributed by atoms with E-state index in [9.17, 15) is 10.2 Å². The molecule has 164 valence electrons. The van der Waals surface area contributed by atoms with E-state index in [4.69, 9.17) is 0 Å². The van der Waals surface area contributed by atoms with Crippen molar-refractivity contribution in [2.24, 2.45) is 40.4 Å². The third kappa shape index (κ3) is 3.57. The van der Waals surface area contributed by atoms with Crippen molar-refractivity contribution in [1.82, 2.24) is 0 Å². The van der Waals surface area contributed by atoms with Crippen LogP contribution in [0, 0.1) is 40.4 Å². The van der Waals surface area contributed by atoms with Crippen molar-refractivity contribution in [1.29, 1.82) is 0 Å². The maximum absolute atomic E-state index is 11.2. The number of hydrogen-bond donors (Lipinski definition) is 2. The SMILES string of the molecule is CC(C)=CCC[C@@H](C)[C@H]1[C@@H](O)C[C@H]2[C@@H]3CC=C4CC(O)CC[C@]4(C)[C@H]3CC[C@]12C. The summed E-state index contributed by atoms with van der Waals surface area (Å²) in [5, 5.41) is 21.4. The molecule has 3 saturated carbocycles. The summed E-state index contributed by atoms with van der Waals surface area (Å²) in [6, 6.07) is 0. The molecule has 4 aliphatic carbocycles. The predicted molar refractivity (Wildman–Crippen MR) is 120 cm³/mol. The van der Waals surface area contributed by atoms with Crippen molar-refractivity contribution in [2.45, 2.75) is 105 Å². The van der Waals surface area contributed by atoms with Crippen LogP contribution < -0.4 is 0 Å². The van der Waals surface area contributed by atoms with E-state index < -0.39 is 0 Å². The van der Waals surface area contributed by atoms with Gasteiger partial charge < -0.3 is 10.2 Å². The molecule has 0 aromatic heterocycles. The Morgan fingerprint density at radius 1 is 1.17 bits per heavy atom. The third-order valence-electron chi connectivity index (χ3n) is 9.97. The Labute approximate surface area is 178 Å². The smallest absolute Gasteiger partial charge is 0.0579 e. The molecule has 0 aromatic carbocycles. The summed E-state index contributed by atoms with van der Waals surface area (Å²) in [4.78, 5) is 0. The molecular weight excluding hydrogens is 356 g/mol. The molecule has 1 unspecified atom stereocenters. The number of aliphatic hydroxyl groups is 2. The fourth-order valence-electron chi connectivity index (χ4n) is 8.54. The summed E-state index contributed by atoms with van der Waals surface area (Å²) in [5.41, 5.74) is 3.54. The van der Waals surface area contributed by atoms with Gasteiger partial charge in [0.1, 0.15) is 0 Å². The second-order valence-corrected chi connectivity index (χ2v) is 11.9. The minimum Gasteiger partial charge on any atom is -0.393 e. The molecule has 4 aliphatic rings. The summed E-state index contributed by atoms with van der Waals surface area (Å²) in [5.74, 6) is 3.17. The lowest BCUT2D eigenvalue weighted by atomic mass is 9.47. The zero-order valence-corrected chi connectivity index (χ0v) is 19.5. The van der Waals surface area contributed by atoms with Gasteiger partial charge in [-0.3, -0.25) is 0 Å². The standard InChI is InChI=1S/C27H44O2/c1-17(2)7-6-8-18(3)25-24(29)16-23-21-10-9-19-15-20(28)11-13-26(19,4)22(21)12-14-27(23,25)5/h7,9,18,20-25,28-29H,6,8,10-16H2,1-5H3/t18-,20?,21-,22+,23+,24+,25+,26+,27+/m1/s1. The van der Waals surface area contributed by atoms with Gasteiger partial charge in [0.15, 0.2) is 0 Å². The van der Waals surface area contributed by atoms with Crippen molar-refractivity contribution in [3.05, 3.63) is 23.3 Å². The largest absolute Gasteiger partial charge is 0.393 e. The first-order chi connectivity index (χ1) is 13.7. The average molecular weight is 401 g/mol. The highest BCUT2D eigenvalue weighted by Crippen LogP contribution is 2.67. The van der Waals surface area contributed by atoms with Crippen LogP contribution >= 0.6 is 0 Å². The molecule has 2 nitrogen and oxygen atoms in total. The van der Waals surface area contributed by atoms with Gasteiger partial charge in [-0.1, -0.05) is 44.1 Å². The molecule has 3 fully saturated rings. The lowest BCUT2D eigenvalue weighted by Gasteiger charge is -2.58. The normalized spacial score (nSPS) is 47.5. The Bertz CT molecular complexity index is 674. The Balaban J connectivity index is 1.55. The third-order valence-corrected chi connectivity index (χ3v) is 9.97. The Morgan fingerprint density at radius 3 is 2.66 bits per heavy atom. The van der Waals surface area contributed by atoms with Crippen LogP contribution in [0.15, 0.2) is 23.3 Å². The highest BCUT2D eigenvalue weighted by atomic mass is 16.3. The van der Waals surface area contributed by atoms with Crippen LogP contribution in [0.25, 0.3) is 0 Å². The van der Waals surface area contributed by atoms with Crippen LogP contribution in [0.2, 0.25) is 0 Å². The average Bonchev–Trinajstić information content (AvgIpc) is 2.92. The van der Waals surface area contributed by atoms with Gasteiger partial charge >= 0.3 is 0 Å². The molecule has 0 bridgehead atoms. The summed E-state index contributed by atoms with van der Waals surface area (Å²) in [6.07, 6.45) is 14.7. The summed E-state index contributed by atoms with van der Waals surface area (Å²) < 4.78 is 0. The van der Waals surface area contributed by atoms with E-state index in [1.807, 2.05) is 0 Å². The van der Waals surface area contributed by atoms with Gasteiger partial charge in [-0.2, -0.15) is 0 Å². The molecule has 4 rings (SSSR count). The van der Waals surface area contributed by atoms with Gasteiger partial charge in [0.05, 0.1) is 12.2 Å². The number of aliphatic hydroxyl groups excluding tert-OH is 2. The van der Waals surface area contributed by atoms with E-state index in [-0.39, 0.29) is 12.2 Å². The minimum absolute atomic E-state index is 0.126. The summed E-state index contributed by atoms with van der Waals surface area (Å²) >= 11 is 0. The van der Waals surface area contributed by atoms with Crippen molar-refractivity contribution < 1.29 is 10.2 Å². The van der Waals surface area contributed by atoms with Crippen molar-refractivity contribution in [2.75, 3.05) is 0 Å². The number of rotatable bonds is 4. The monoisotopic (exact) mass is 400 g/mol. The van der Waals surface area contributed by atoms with Gasteiger partial charge in [-0.05, 0) is 112 Å². The molecule has 2 N–H and O–H groups in total. The van der Waals surface area contributed by atoms with Crippen LogP contribution in [0.3, 0.4) is 0 Å². The van der Waals surface area contributed by atoms with Crippen molar-refractivity contribution >= 4 is 0 Å². The number of fused-ring (bicyclic) bond motifs is 5. The van der Waals surface area contributed by atoms with Crippen molar-refractivity contribution in [3.8, 4) is 0 Å².